The summed E-state index contributed by atoms with van der Waals surface area (Å²) in [5.74, 6) is 0.165. The average Bonchev–Trinajstić information content (AvgIpc) is 2.67. The summed E-state index contributed by atoms with van der Waals surface area (Å²) in [5, 5.41) is 3.27. The van der Waals surface area contributed by atoms with Crippen molar-refractivity contribution in [1.29, 1.82) is 0 Å². The Morgan fingerprint density at radius 3 is 2.68 bits per heavy atom. The topological polar surface area (TPSA) is 41.6 Å². The van der Waals surface area contributed by atoms with Gasteiger partial charge in [-0.1, -0.05) is 36.8 Å². The summed E-state index contributed by atoms with van der Waals surface area (Å²) in [6, 6.07) is 11.2. The Balaban J connectivity index is 1.67. The molecule has 2 unspecified atom stereocenters. The predicted octanol–water partition coefficient (Wildman–Crippen LogP) is 3.11. The standard InChI is InChI=1S/C21H32N2O2/c1-17-8-6-7-13-23(17)18(2)16-22-20(24)21(11-14-25-15-12-21)19-9-4-3-5-10-19/h3-5,9-10,17-18H,6-8,11-16H2,1-2H3,(H,22,24). The number of likely N-dealkylation sites (tertiary alicyclic amines) is 1. The molecular formula is C21H32N2O2. The monoisotopic (exact) mass is 344 g/mol. The molecule has 0 aromatic heterocycles. The second kappa shape index (κ2) is 8.33. The van der Waals surface area contributed by atoms with E-state index in [-0.39, 0.29) is 5.91 Å². The Bertz CT molecular complexity index is 554. The molecule has 0 aliphatic carbocycles. The van der Waals surface area contributed by atoms with Crippen molar-refractivity contribution in [3.8, 4) is 0 Å². The SMILES string of the molecule is CC1CCCCN1C(C)CNC(=O)C1(c2ccccc2)CCOCC1. The molecule has 4 heteroatoms. The predicted molar refractivity (Wildman–Crippen MR) is 101 cm³/mol. The lowest BCUT2D eigenvalue weighted by Crippen LogP contribution is -2.53. The zero-order chi connectivity index (χ0) is 17.7. The van der Waals surface area contributed by atoms with Crippen molar-refractivity contribution in [3.63, 3.8) is 0 Å². The highest BCUT2D eigenvalue weighted by atomic mass is 16.5. The minimum absolute atomic E-state index is 0.165. The van der Waals surface area contributed by atoms with Crippen LogP contribution >= 0.6 is 0 Å². The molecule has 1 aromatic carbocycles. The van der Waals surface area contributed by atoms with Gasteiger partial charge < -0.3 is 10.1 Å². The van der Waals surface area contributed by atoms with E-state index < -0.39 is 5.41 Å². The number of nitrogens with zero attached hydrogens (tertiary/aromatic N) is 1. The van der Waals surface area contributed by atoms with Crippen LogP contribution in [0.5, 0.6) is 0 Å². The van der Waals surface area contributed by atoms with Gasteiger partial charge in [-0.05, 0) is 51.6 Å². The van der Waals surface area contributed by atoms with E-state index in [1.165, 1.54) is 19.3 Å². The van der Waals surface area contributed by atoms with Gasteiger partial charge in [0.15, 0.2) is 0 Å². The third kappa shape index (κ3) is 4.06. The fourth-order valence-corrected chi connectivity index (χ4v) is 4.43. The molecule has 0 bridgehead atoms. The van der Waals surface area contributed by atoms with Crippen LogP contribution in [0, 0.1) is 0 Å². The maximum absolute atomic E-state index is 13.2. The first-order valence-corrected chi connectivity index (χ1v) is 9.81. The number of hydrogen-bond donors (Lipinski definition) is 1. The number of piperidine rings is 1. The number of ether oxygens (including phenoxy) is 1. The van der Waals surface area contributed by atoms with Crippen LogP contribution in [0.3, 0.4) is 0 Å². The highest BCUT2D eigenvalue weighted by Gasteiger charge is 2.41. The summed E-state index contributed by atoms with van der Waals surface area (Å²) < 4.78 is 5.54. The zero-order valence-electron chi connectivity index (χ0n) is 15.7. The van der Waals surface area contributed by atoms with Gasteiger partial charge in [0, 0.05) is 31.8 Å². The van der Waals surface area contributed by atoms with Crippen molar-refractivity contribution in [2.24, 2.45) is 0 Å². The molecule has 0 saturated carbocycles. The van der Waals surface area contributed by atoms with Crippen LogP contribution in [0.25, 0.3) is 0 Å². The van der Waals surface area contributed by atoms with Gasteiger partial charge in [0.2, 0.25) is 5.91 Å². The first-order valence-electron chi connectivity index (χ1n) is 9.81. The molecule has 25 heavy (non-hydrogen) atoms. The summed E-state index contributed by atoms with van der Waals surface area (Å²) in [6.45, 7) is 7.72. The van der Waals surface area contributed by atoms with Gasteiger partial charge in [-0.3, -0.25) is 9.69 Å². The average molecular weight is 344 g/mol. The van der Waals surface area contributed by atoms with Crippen molar-refractivity contribution >= 4 is 5.91 Å². The minimum Gasteiger partial charge on any atom is -0.381 e. The summed E-state index contributed by atoms with van der Waals surface area (Å²) in [5.41, 5.74) is 0.682. The summed E-state index contributed by atoms with van der Waals surface area (Å²) >= 11 is 0. The molecule has 0 radical (unpaired) electrons. The summed E-state index contributed by atoms with van der Waals surface area (Å²) in [7, 11) is 0. The van der Waals surface area contributed by atoms with E-state index in [2.05, 4.69) is 36.2 Å². The van der Waals surface area contributed by atoms with Crippen LogP contribution in [-0.4, -0.2) is 49.2 Å². The molecule has 3 rings (SSSR count). The second-order valence-electron chi connectivity index (χ2n) is 7.70. The Morgan fingerprint density at radius 1 is 1.28 bits per heavy atom. The number of rotatable bonds is 5. The van der Waals surface area contributed by atoms with Crippen molar-refractivity contribution < 1.29 is 9.53 Å². The molecule has 2 heterocycles. The number of amides is 1. The van der Waals surface area contributed by atoms with Crippen molar-refractivity contribution in [2.75, 3.05) is 26.3 Å². The van der Waals surface area contributed by atoms with E-state index in [0.29, 0.717) is 25.3 Å². The van der Waals surface area contributed by atoms with E-state index in [0.717, 1.165) is 31.5 Å². The second-order valence-corrected chi connectivity index (χ2v) is 7.70. The van der Waals surface area contributed by atoms with Gasteiger partial charge >= 0.3 is 0 Å². The molecule has 1 aromatic rings. The molecular weight excluding hydrogens is 312 g/mol. The fraction of sp³-hybridized carbons (Fsp3) is 0.667. The van der Waals surface area contributed by atoms with Crippen LogP contribution in [-0.2, 0) is 14.9 Å². The van der Waals surface area contributed by atoms with E-state index in [1.54, 1.807) is 0 Å². The lowest BCUT2D eigenvalue weighted by atomic mass is 9.73. The third-order valence-corrected chi connectivity index (χ3v) is 6.09. The Kier molecular flexibility index (Phi) is 6.13. The molecule has 2 atom stereocenters. The van der Waals surface area contributed by atoms with Crippen LogP contribution in [0.2, 0.25) is 0 Å². The normalized spacial score (nSPS) is 25.3. The molecule has 2 fully saturated rings. The van der Waals surface area contributed by atoms with Crippen LogP contribution in [0.4, 0.5) is 0 Å². The Hall–Kier alpha value is -1.39. The highest BCUT2D eigenvalue weighted by Crippen LogP contribution is 2.35. The van der Waals surface area contributed by atoms with Gasteiger partial charge in [0.25, 0.3) is 0 Å². The van der Waals surface area contributed by atoms with E-state index in [4.69, 9.17) is 4.74 Å². The lowest BCUT2D eigenvalue weighted by molar-refractivity contribution is -0.130. The Morgan fingerprint density at radius 2 is 2.00 bits per heavy atom. The molecule has 1 amide bonds. The molecule has 4 nitrogen and oxygen atoms in total. The molecule has 1 N–H and O–H groups in total. The zero-order valence-corrected chi connectivity index (χ0v) is 15.7. The molecule has 2 saturated heterocycles. The molecule has 138 valence electrons. The smallest absolute Gasteiger partial charge is 0.230 e. The van der Waals surface area contributed by atoms with Gasteiger partial charge in [-0.15, -0.1) is 0 Å². The van der Waals surface area contributed by atoms with E-state index in [1.807, 2.05) is 18.2 Å². The van der Waals surface area contributed by atoms with Gasteiger partial charge in [0.05, 0.1) is 5.41 Å². The van der Waals surface area contributed by atoms with E-state index >= 15 is 0 Å². The first kappa shape index (κ1) is 18.4. The molecule has 0 spiro atoms. The van der Waals surface area contributed by atoms with Gasteiger partial charge in [0.1, 0.15) is 0 Å². The molecule has 2 aliphatic rings. The minimum atomic E-state index is -0.438. The third-order valence-electron chi connectivity index (χ3n) is 6.09. The van der Waals surface area contributed by atoms with Gasteiger partial charge in [-0.2, -0.15) is 0 Å². The summed E-state index contributed by atoms with van der Waals surface area (Å²) in [6.07, 6.45) is 5.39. The van der Waals surface area contributed by atoms with Crippen LogP contribution < -0.4 is 5.32 Å². The maximum Gasteiger partial charge on any atom is 0.230 e. The number of nitrogens with one attached hydrogen (secondary N) is 1. The number of carbonyl (C=O) groups is 1. The fourth-order valence-electron chi connectivity index (χ4n) is 4.43. The summed E-state index contributed by atoms with van der Waals surface area (Å²) in [4.78, 5) is 15.7. The van der Waals surface area contributed by atoms with Crippen LogP contribution in [0.15, 0.2) is 30.3 Å². The van der Waals surface area contributed by atoms with Crippen molar-refractivity contribution in [1.82, 2.24) is 10.2 Å². The van der Waals surface area contributed by atoms with Crippen LogP contribution in [0.1, 0.15) is 51.5 Å². The van der Waals surface area contributed by atoms with Crippen molar-refractivity contribution in [2.45, 2.75) is 63.5 Å². The Labute approximate surface area is 151 Å². The number of hydrogen-bond acceptors (Lipinski definition) is 3. The first-order chi connectivity index (χ1) is 12.1. The van der Waals surface area contributed by atoms with E-state index in [9.17, 15) is 4.79 Å². The highest BCUT2D eigenvalue weighted by molar-refractivity contribution is 5.88. The maximum atomic E-state index is 13.2. The number of benzene rings is 1. The lowest BCUT2D eigenvalue weighted by Gasteiger charge is -2.40. The molecule has 2 aliphatic heterocycles. The quantitative estimate of drug-likeness (QED) is 0.892. The largest absolute Gasteiger partial charge is 0.381 e. The van der Waals surface area contributed by atoms with Crippen molar-refractivity contribution in [3.05, 3.63) is 35.9 Å². The van der Waals surface area contributed by atoms with Gasteiger partial charge in [-0.25, -0.2) is 0 Å². The number of carbonyl (C=O) groups excluding carboxylic acids is 1.